The normalized spacial score (nSPS) is 15.4. The molecule has 1 aromatic carbocycles. The number of hydrogen-bond acceptors (Lipinski definition) is 3. The van der Waals surface area contributed by atoms with Gasteiger partial charge in [0.2, 0.25) is 0 Å². The van der Waals surface area contributed by atoms with Gasteiger partial charge in [0.05, 0.1) is 5.39 Å². The minimum absolute atomic E-state index is 0.560. The van der Waals surface area contributed by atoms with Crippen molar-refractivity contribution in [2.24, 2.45) is 0 Å². The van der Waals surface area contributed by atoms with E-state index in [2.05, 4.69) is 32.9 Å². The zero-order valence-electron chi connectivity index (χ0n) is 11.2. The van der Waals surface area contributed by atoms with Crippen molar-refractivity contribution in [3.63, 3.8) is 0 Å². The molecule has 4 nitrogen and oxygen atoms in total. The molecule has 2 aromatic heterocycles. The number of nitrogen functional groups attached to an aromatic ring is 1. The van der Waals surface area contributed by atoms with Crippen LogP contribution in [0.3, 0.4) is 0 Å². The predicted molar refractivity (Wildman–Crippen MR) is 80.3 cm³/mol. The van der Waals surface area contributed by atoms with E-state index in [0.29, 0.717) is 11.9 Å². The van der Waals surface area contributed by atoms with Crippen LogP contribution in [-0.4, -0.2) is 14.5 Å². The highest BCUT2D eigenvalue weighted by molar-refractivity contribution is 6.00. The first kappa shape index (κ1) is 11.5. The minimum Gasteiger partial charge on any atom is -0.383 e. The molecule has 4 rings (SSSR count). The molecule has 4 heteroatoms. The van der Waals surface area contributed by atoms with Gasteiger partial charge in [0.1, 0.15) is 17.8 Å². The largest absolute Gasteiger partial charge is 0.383 e. The number of fused-ring (bicyclic) bond motifs is 1. The van der Waals surface area contributed by atoms with Crippen LogP contribution < -0.4 is 5.73 Å². The number of benzene rings is 1. The number of hydrogen-bond donors (Lipinski definition) is 1. The average Bonchev–Trinajstić information content (AvgIpc) is 2.79. The van der Waals surface area contributed by atoms with Gasteiger partial charge in [0.15, 0.2) is 0 Å². The van der Waals surface area contributed by atoms with Crippen LogP contribution in [0.15, 0.2) is 42.9 Å². The van der Waals surface area contributed by atoms with Gasteiger partial charge in [-0.3, -0.25) is 0 Å². The molecule has 0 radical (unpaired) electrons. The molecule has 1 aliphatic rings. The van der Waals surface area contributed by atoms with Gasteiger partial charge >= 0.3 is 0 Å². The fourth-order valence-corrected chi connectivity index (χ4v) is 2.89. The predicted octanol–water partition coefficient (Wildman–Crippen LogP) is 3.41. The van der Waals surface area contributed by atoms with Crippen LogP contribution in [0.4, 0.5) is 5.82 Å². The third-order valence-corrected chi connectivity index (χ3v) is 4.19. The first-order chi connectivity index (χ1) is 9.84. The van der Waals surface area contributed by atoms with E-state index in [1.54, 1.807) is 6.33 Å². The third-order valence-electron chi connectivity index (χ3n) is 4.19. The number of rotatable bonds is 2. The van der Waals surface area contributed by atoms with E-state index in [-0.39, 0.29) is 0 Å². The summed E-state index contributed by atoms with van der Waals surface area (Å²) in [6.45, 7) is 0. The number of nitrogens with zero attached hydrogens (tertiary/aromatic N) is 3. The molecule has 0 atom stereocenters. The Balaban J connectivity index is 2.01. The van der Waals surface area contributed by atoms with Crippen molar-refractivity contribution < 1.29 is 0 Å². The molecule has 100 valence electrons. The summed E-state index contributed by atoms with van der Waals surface area (Å²) in [6, 6.07) is 10.9. The second-order valence-corrected chi connectivity index (χ2v) is 5.36. The summed E-state index contributed by atoms with van der Waals surface area (Å²) < 4.78 is 2.28. The lowest BCUT2D eigenvalue weighted by molar-refractivity contribution is 0.320. The number of aromatic nitrogens is 3. The van der Waals surface area contributed by atoms with Crippen molar-refractivity contribution >= 4 is 16.9 Å². The first-order valence-electron chi connectivity index (χ1n) is 7.01. The van der Waals surface area contributed by atoms with Crippen LogP contribution in [0.2, 0.25) is 0 Å². The number of nitrogens with two attached hydrogens (primary N) is 1. The Morgan fingerprint density at radius 1 is 1.10 bits per heavy atom. The molecule has 1 fully saturated rings. The number of anilines is 1. The maximum absolute atomic E-state index is 6.10. The highest BCUT2D eigenvalue weighted by atomic mass is 15.1. The molecule has 0 saturated heterocycles. The molecule has 0 spiro atoms. The molecular weight excluding hydrogens is 248 g/mol. The highest BCUT2D eigenvalue weighted by Crippen LogP contribution is 2.39. The molecule has 1 aliphatic carbocycles. The van der Waals surface area contributed by atoms with Crippen LogP contribution in [-0.2, 0) is 0 Å². The second-order valence-electron chi connectivity index (χ2n) is 5.36. The van der Waals surface area contributed by atoms with E-state index < -0.39 is 0 Å². The Kier molecular flexibility index (Phi) is 2.49. The van der Waals surface area contributed by atoms with E-state index in [4.69, 9.17) is 5.73 Å². The van der Waals surface area contributed by atoms with E-state index in [0.717, 1.165) is 22.2 Å². The van der Waals surface area contributed by atoms with Crippen LogP contribution >= 0.6 is 0 Å². The van der Waals surface area contributed by atoms with Gasteiger partial charge in [-0.2, -0.15) is 0 Å². The van der Waals surface area contributed by atoms with Gasteiger partial charge in [-0.25, -0.2) is 9.97 Å². The van der Waals surface area contributed by atoms with E-state index >= 15 is 0 Å². The van der Waals surface area contributed by atoms with Crippen LogP contribution in [0.25, 0.3) is 22.2 Å². The summed E-state index contributed by atoms with van der Waals surface area (Å²) in [6.07, 6.45) is 7.49. The molecule has 0 unspecified atom stereocenters. The minimum atomic E-state index is 0.560. The maximum atomic E-state index is 6.10. The summed E-state index contributed by atoms with van der Waals surface area (Å²) in [5, 5.41) is 0.977. The first-order valence-corrected chi connectivity index (χ1v) is 7.01. The van der Waals surface area contributed by atoms with Crippen LogP contribution in [0.5, 0.6) is 0 Å². The summed E-state index contributed by atoms with van der Waals surface area (Å²) in [7, 11) is 0. The summed E-state index contributed by atoms with van der Waals surface area (Å²) in [4.78, 5) is 8.63. The molecule has 2 heterocycles. The zero-order chi connectivity index (χ0) is 13.5. The Morgan fingerprint density at radius 2 is 1.90 bits per heavy atom. The van der Waals surface area contributed by atoms with Gasteiger partial charge in [-0.05, 0) is 24.8 Å². The molecular formula is C16H16N4. The molecule has 2 N–H and O–H groups in total. The molecule has 20 heavy (non-hydrogen) atoms. The molecule has 0 aliphatic heterocycles. The second kappa shape index (κ2) is 4.34. The van der Waals surface area contributed by atoms with Crippen molar-refractivity contribution in [1.82, 2.24) is 14.5 Å². The monoisotopic (exact) mass is 264 g/mol. The Labute approximate surface area is 117 Å². The molecule has 3 aromatic rings. The Bertz CT molecular complexity index is 757. The molecule has 1 saturated carbocycles. The average molecular weight is 264 g/mol. The summed E-state index contributed by atoms with van der Waals surface area (Å²) >= 11 is 0. The molecule has 0 bridgehead atoms. The van der Waals surface area contributed by atoms with Crippen molar-refractivity contribution in [3.05, 3.63) is 42.9 Å². The van der Waals surface area contributed by atoms with Crippen LogP contribution in [0.1, 0.15) is 25.3 Å². The quantitative estimate of drug-likeness (QED) is 0.771. The van der Waals surface area contributed by atoms with Crippen molar-refractivity contribution in [2.75, 3.05) is 5.73 Å². The lowest BCUT2D eigenvalue weighted by Crippen LogP contribution is -2.16. The van der Waals surface area contributed by atoms with Gasteiger partial charge in [0.25, 0.3) is 0 Å². The van der Waals surface area contributed by atoms with Crippen molar-refractivity contribution in [3.8, 4) is 11.1 Å². The third kappa shape index (κ3) is 1.61. The van der Waals surface area contributed by atoms with Gasteiger partial charge < -0.3 is 10.3 Å². The fraction of sp³-hybridized carbons (Fsp3) is 0.250. The van der Waals surface area contributed by atoms with Crippen molar-refractivity contribution in [2.45, 2.75) is 25.3 Å². The lowest BCUT2D eigenvalue weighted by Gasteiger charge is -2.27. The smallest absolute Gasteiger partial charge is 0.146 e. The highest BCUT2D eigenvalue weighted by Gasteiger charge is 2.24. The van der Waals surface area contributed by atoms with Gasteiger partial charge in [-0.1, -0.05) is 30.3 Å². The van der Waals surface area contributed by atoms with Crippen LogP contribution in [0, 0.1) is 0 Å². The van der Waals surface area contributed by atoms with E-state index in [1.165, 1.54) is 19.3 Å². The Morgan fingerprint density at radius 3 is 2.60 bits per heavy atom. The fourth-order valence-electron chi connectivity index (χ4n) is 2.89. The maximum Gasteiger partial charge on any atom is 0.146 e. The zero-order valence-corrected chi connectivity index (χ0v) is 11.2. The van der Waals surface area contributed by atoms with E-state index in [9.17, 15) is 0 Å². The lowest BCUT2D eigenvalue weighted by atomic mass is 9.93. The topological polar surface area (TPSA) is 56.7 Å². The summed E-state index contributed by atoms with van der Waals surface area (Å²) in [5.41, 5.74) is 9.36. The van der Waals surface area contributed by atoms with E-state index in [1.807, 2.05) is 18.2 Å². The Hall–Kier alpha value is -2.36. The van der Waals surface area contributed by atoms with Gasteiger partial charge in [0, 0.05) is 17.8 Å². The standard InChI is InChI=1S/C16H16N4/c17-15-14-13(11-5-2-1-3-6-11)9-20(12-7-4-8-12)16(14)19-10-18-15/h1-3,5-6,9-10,12H,4,7-8H2,(H2,17,18,19). The molecule has 0 amide bonds. The summed E-state index contributed by atoms with van der Waals surface area (Å²) in [5.74, 6) is 0.562. The van der Waals surface area contributed by atoms with Crippen molar-refractivity contribution in [1.29, 1.82) is 0 Å². The van der Waals surface area contributed by atoms with Gasteiger partial charge in [-0.15, -0.1) is 0 Å². The SMILES string of the molecule is Nc1ncnc2c1c(-c1ccccc1)cn2C1CCC1.